The lowest BCUT2D eigenvalue weighted by Crippen LogP contribution is -1.95. The van der Waals surface area contributed by atoms with Gasteiger partial charge in [-0.15, -0.1) is 0 Å². The van der Waals surface area contributed by atoms with Gasteiger partial charge in [-0.1, -0.05) is 6.07 Å². The molecule has 0 atom stereocenters. The van der Waals surface area contributed by atoms with Crippen LogP contribution in [-0.2, 0) is 13.7 Å². The molecule has 0 unspecified atom stereocenters. The fraction of sp³-hybridized carbons (Fsp3) is 0.250. The van der Waals surface area contributed by atoms with Crippen LogP contribution >= 0.6 is 0 Å². The van der Waals surface area contributed by atoms with Crippen LogP contribution in [0.15, 0.2) is 36.8 Å². The lowest BCUT2D eigenvalue weighted by atomic mass is 10.3. The van der Waals surface area contributed by atoms with Crippen molar-refractivity contribution < 1.29 is 9.47 Å². The summed E-state index contributed by atoms with van der Waals surface area (Å²) in [4.78, 5) is 4.18. The van der Waals surface area contributed by atoms with Gasteiger partial charge in [0.15, 0.2) is 0 Å². The number of hydrogen-bond donors (Lipinski definition) is 0. The molecule has 2 aromatic rings. The molecule has 1 heterocycles. The predicted octanol–water partition coefficient (Wildman–Crippen LogP) is 2.01. The Morgan fingerprint density at radius 2 is 2.12 bits per heavy atom. The van der Waals surface area contributed by atoms with Crippen LogP contribution in [0.1, 0.15) is 5.69 Å². The normalized spacial score (nSPS) is 10.1. The molecule has 0 saturated heterocycles. The molecule has 1 aromatic heterocycles. The van der Waals surface area contributed by atoms with Crippen molar-refractivity contribution in [2.75, 3.05) is 7.11 Å². The largest absolute Gasteiger partial charge is 0.497 e. The Morgan fingerprint density at radius 3 is 2.81 bits per heavy atom. The molecule has 4 nitrogen and oxygen atoms in total. The van der Waals surface area contributed by atoms with E-state index in [2.05, 4.69) is 4.98 Å². The first-order valence-corrected chi connectivity index (χ1v) is 5.01. The quantitative estimate of drug-likeness (QED) is 0.787. The molecule has 0 bridgehead atoms. The van der Waals surface area contributed by atoms with Crippen LogP contribution < -0.4 is 9.47 Å². The molecule has 0 aliphatic rings. The number of rotatable bonds is 4. The molecule has 0 N–H and O–H groups in total. The van der Waals surface area contributed by atoms with E-state index in [-0.39, 0.29) is 0 Å². The van der Waals surface area contributed by atoms with Crippen LogP contribution in [0.4, 0.5) is 0 Å². The third kappa shape index (κ3) is 2.53. The molecule has 0 aliphatic heterocycles. The summed E-state index contributed by atoms with van der Waals surface area (Å²) in [7, 11) is 3.57. The van der Waals surface area contributed by atoms with Crippen LogP contribution in [-0.4, -0.2) is 16.7 Å². The summed E-state index contributed by atoms with van der Waals surface area (Å²) in [5.41, 5.74) is 0.908. The molecule has 2 rings (SSSR count). The van der Waals surface area contributed by atoms with Crippen molar-refractivity contribution in [2.24, 2.45) is 7.05 Å². The third-order valence-electron chi connectivity index (χ3n) is 2.19. The van der Waals surface area contributed by atoms with Gasteiger partial charge in [0.25, 0.3) is 0 Å². The number of nitrogens with zero attached hydrogens (tertiary/aromatic N) is 2. The van der Waals surface area contributed by atoms with E-state index < -0.39 is 0 Å². The minimum absolute atomic E-state index is 0.466. The summed E-state index contributed by atoms with van der Waals surface area (Å²) in [5, 5.41) is 0. The van der Waals surface area contributed by atoms with Gasteiger partial charge in [0, 0.05) is 19.3 Å². The summed E-state index contributed by atoms with van der Waals surface area (Å²) in [6, 6.07) is 7.52. The van der Waals surface area contributed by atoms with Gasteiger partial charge in [0.1, 0.15) is 18.1 Å². The highest BCUT2D eigenvalue weighted by Gasteiger charge is 1.99. The van der Waals surface area contributed by atoms with Crippen LogP contribution in [0, 0.1) is 0 Å². The molecule has 1 aromatic carbocycles. The summed E-state index contributed by atoms with van der Waals surface area (Å²) < 4.78 is 12.6. The van der Waals surface area contributed by atoms with E-state index in [0.717, 1.165) is 17.2 Å². The second kappa shape index (κ2) is 4.70. The van der Waals surface area contributed by atoms with Gasteiger partial charge in [-0.3, -0.25) is 0 Å². The van der Waals surface area contributed by atoms with Gasteiger partial charge >= 0.3 is 0 Å². The van der Waals surface area contributed by atoms with Crippen LogP contribution in [0.2, 0.25) is 0 Å². The SMILES string of the molecule is COc1cccc(OCc2cn(C)cn2)c1. The number of benzene rings is 1. The van der Waals surface area contributed by atoms with Crippen molar-refractivity contribution in [2.45, 2.75) is 6.61 Å². The minimum Gasteiger partial charge on any atom is -0.497 e. The smallest absolute Gasteiger partial charge is 0.132 e. The number of methoxy groups -OCH3 is 1. The van der Waals surface area contributed by atoms with Gasteiger partial charge in [0.05, 0.1) is 19.1 Å². The standard InChI is InChI=1S/C12H14N2O2/c1-14-7-10(13-9-14)8-16-12-5-3-4-11(6-12)15-2/h3-7,9H,8H2,1-2H3. The Kier molecular flexibility index (Phi) is 3.10. The monoisotopic (exact) mass is 218 g/mol. The molecule has 16 heavy (non-hydrogen) atoms. The number of hydrogen-bond acceptors (Lipinski definition) is 3. The van der Waals surface area contributed by atoms with Crippen molar-refractivity contribution in [1.29, 1.82) is 0 Å². The average molecular weight is 218 g/mol. The Bertz CT molecular complexity index is 466. The van der Waals surface area contributed by atoms with Crippen molar-refractivity contribution in [3.63, 3.8) is 0 Å². The van der Waals surface area contributed by atoms with E-state index in [1.54, 1.807) is 13.4 Å². The first kappa shape index (κ1) is 10.5. The van der Waals surface area contributed by atoms with Gasteiger partial charge in [-0.05, 0) is 12.1 Å². The molecule has 0 aliphatic carbocycles. The molecular weight excluding hydrogens is 204 g/mol. The van der Waals surface area contributed by atoms with Crippen molar-refractivity contribution in [1.82, 2.24) is 9.55 Å². The fourth-order valence-corrected chi connectivity index (χ4v) is 1.39. The van der Waals surface area contributed by atoms with E-state index in [1.165, 1.54) is 0 Å². The zero-order valence-electron chi connectivity index (χ0n) is 9.38. The van der Waals surface area contributed by atoms with Gasteiger partial charge in [-0.2, -0.15) is 0 Å². The maximum Gasteiger partial charge on any atom is 0.132 e. The number of aromatic nitrogens is 2. The van der Waals surface area contributed by atoms with Crippen molar-refractivity contribution in [3.05, 3.63) is 42.5 Å². The lowest BCUT2D eigenvalue weighted by molar-refractivity contribution is 0.299. The van der Waals surface area contributed by atoms with Gasteiger partial charge in [-0.25, -0.2) is 4.98 Å². The maximum absolute atomic E-state index is 5.59. The van der Waals surface area contributed by atoms with Crippen LogP contribution in [0.5, 0.6) is 11.5 Å². The highest BCUT2D eigenvalue weighted by molar-refractivity contribution is 5.32. The Labute approximate surface area is 94.4 Å². The Morgan fingerprint density at radius 1 is 1.31 bits per heavy atom. The predicted molar refractivity (Wildman–Crippen MR) is 60.5 cm³/mol. The highest BCUT2D eigenvalue weighted by atomic mass is 16.5. The zero-order valence-corrected chi connectivity index (χ0v) is 9.38. The van der Waals surface area contributed by atoms with E-state index in [1.807, 2.05) is 42.1 Å². The number of imidazole rings is 1. The summed E-state index contributed by atoms with van der Waals surface area (Å²) in [6.07, 6.45) is 3.68. The maximum atomic E-state index is 5.59. The summed E-state index contributed by atoms with van der Waals surface area (Å²) in [6.45, 7) is 0.466. The Hall–Kier alpha value is -1.97. The van der Waals surface area contributed by atoms with Gasteiger partial charge in [0.2, 0.25) is 0 Å². The van der Waals surface area contributed by atoms with Gasteiger partial charge < -0.3 is 14.0 Å². The second-order valence-electron chi connectivity index (χ2n) is 3.50. The number of ether oxygens (including phenoxy) is 2. The fourth-order valence-electron chi connectivity index (χ4n) is 1.39. The first-order chi connectivity index (χ1) is 7.78. The molecule has 0 saturated carbocycles. The minimum atomic E-state index is 0.466. The third-order valence-corrected chi connectivity index (χ3v) is 2.19. The number of aryl methyl sites for hydroxylation is 1. The zero-order chi connectivity index (χ0) is 11.4. The molecule has 0 fully saturated rings. The first-order valence-electron chi connectivity index (χ1n) is 5.01. The van der Waals surface area contributed by atoms with Crippen molar-refractivity contribution >= 4 is 0 Å². The Balaban J connectivity index is 1.99. The molecule has 0 spiro atoms. The summed E-state index contributed by atoms with van der Waals surface area (Å²) in [5.74, 6) is 1.57. The highest BCUT2D eigenvalue weighted by Crippen LogP contribution is 2.19. The van der Waals surface area contributed by atoms with E-state index in [9.17, 15) is 0 Å². The summed E-state index contributed by atoms with van der Waals surface area (Å²) >= 11 is 0. The van der Waals surface area contributed by atoms with E-state index >= 15 is 0 Å². The molecule has 84 valence electrons. The van der Waals surface area contributed by atoms with E-state index in [4.69, 9.17) is 9.47 Å². The second-order valence-corrected chi connectivity index (χ2v) is 3.50. The molecule has 0 amide bonds. The topological polar surface area (TPSA) is 36.3 Å². The van der Waals surface area contributed by atoms with E-state index in [0.29, 0.717) is 6.61 Å². The van der Waals surface area contributed by atoms with Crippen LogP contribution in [0.3, 0.4) is 0 Å². The molecule has 4 heteroatoms. The molecular formula is C12H14N2O2. The molecule has 0 radical (unpaired) electrons. The van der Waals surface area contributed by atoms with Crippen molar-refractivity contribution in [3.8, 4) is 11.5 Å². The lowest BCUT2D eigenvalue weighted by Gasteiger charge is -2.05. The average Bonchev–Trinajstić information content (AvgIpc) is 2.73. The van der Waals surface area contributed by atoms with Crippen LogP contribution in [0.25, 0.3) is 0 Å².